The summed E-state index contributed by atoms with van der Waals surface area (Å²) in [7, 11) is -1.48. The molecule has 1 saturated heterocycles. The number of hydrogen-bond donors (Lipinski definition) is 0. The van der Waals surface area contributed by atoms with Crippen molar-refractivity contribution in [1.82, 2.24) is 23.7 Å². The first-order valence-corrected chi connectivity index (χ1v) is 12.3. The highest BCUT2D eigenvalue weighted by Gasteiger charge is 2.27. The first-order valence-electron chi connectivity index (χ1n) is 9.84. The second kappa shape index (κ2) is 9.30. The Kier molecular flexibility index (Phi) is 6.52. The summed E-state index contributed by atoms with van der Waals surface area (Å²) in [5.74, 6) is 1.62. The molecule has 3 aromatic rings. The van der Waals surface area contributed by atoms with Gasteiger partial charge in [-0.15, -0.1) is 0 Å². The Morgan fingerprint density at radius 1 is 1.00 bits per heavy atom. The molecule has 2 aromatic heterocycles. The minimum absolute atomic E-state index is 0.252. The molecule has 0 atom stereocenters. The number of aromatic nitrogens is 3. The molecule has 3 heterocycles. The van der Waals surface area contributed by atoms with E-state index >= 15 is 0 Å². The Morgan fingerprint density at radius 2 is 1.77 bits per heavy atom. The number of rotatable bonds is 7. The number of hydrogen-bond acceptors (Lipinski definition) is 6. The van der Waals surface area contributed by atoms with Crippen LogP contribution in [0, 0.1) is 0 Å². The number of imidazole rings is 1. The van der Waals surface area contributed by atoms with Crippen molar-refractivity contribution in [2.45, 2.75) is 22.2 Å². The molecule has 0 spiro atoms. The van der Waals surface area contributed by atoms with Crippen molar-refractivity contribution in [3.8, 4) is 0 Å². The zero-order valence-electron chi connectivity index (χ0n) is 16.9. The van der Waals surface area contributed by atoms with Gasteiger partial charge in [0.15, 0.2) is 0 Å². The first kappa shape index (κ1) is 21.0. The van der Waals surface area contributed by atoms with Crippen molar-refractivity contribution in [2.75, 3.05) is 33.2 Å². The highest BCUT2D eigenvalue weighted by atomic mass is 32.2. The van der Waals surface area contributed by atoms with E-state index in [1.54, 1.807) is 30.1 Å². The summed E-state index contributed by atoms with van der Waals surface area (Å²) in [6, 6.07) is 13.7. The summed E-state index contributed by atoms with van der Waals surface area (Å²) in [5, 5.41) is 0.779. The van der Waals surface area contributed by atoms with E-state index in [0.717, 1.165) is 30.5 Å². The fraction of sp³-hybridized carbons (Fsp3) is 0.333. The molecule has 1 fully saturated rings. The zero-order valence-corrected chi connectivity index (χ0v) is 18.5. The van der Waals surface area contributed by atoms with E-state index < -0.39 is 10.0 Å². The lowest BCUT2D eigenvalue weighted by molar-refractivity contribution is 0.222. The lowest BCUT2D eigenvalue weighted by Gasteiger charge is -2.31. The Hall–Kier alpha value is -2.20. The second-order valence-corrected chi connectivity index (χ2v) is 10.2. The number of pyridine rings is 1. The van der Waals surface area contributed by atoms with Crippen molar-refractivity contribution in [3.63, 3.8) is 0 Å². The number of likely N-dealkylation sites (N-methyl/N-ethyl adjacent to an activating group) is 1. The summed E-state index contributed by atoms with van der Waals surface area (Å²) in [4.78, 5) is 11.2. The molecular weight excluding hydrogens is 418 g/mol. The van der Waals surface area contributed by atoms with Gasteiger partial charge in [-0.3, -0.25) is 0 Å². The molecule has 0 bridgehead atoms. The van der Waals surface area contributed by atoms with Gasteiger partial charge in [-0.05, 0) is 24.7 Å². The molecule has 1 aromatic carbocycles. The van der Waals surface area contributed by atoms with Gasteiger partial charge in [-0.25, -0.2) is 18.4 Å². The van der Waals surface area contributed by atoms with Crippen molar-refractivity contribution >= 4 is 21.8 Å². The van der Waals surface area contributed by atoms with Crippen molar-refractivity contribution < 1.29 is 8.42 Å². The Labute approximate surface area is 181 Å². The van der Waals surface area contributed by atoms with E-state index in [0.29, 0.717) is 18.8 Å². The van der Waals surface area contributed by atoms with Crippen LogP contribution < -0.4 is 0 Å². The van der Waals surface area contributed by atoms with Crippen LogP contribution in [0.3, 0.4) is 0 Å². The van der Waals surface area contributed by atoms with Crippen LogP contribution in [0.1, 0.15) is 11.4 Å². The predicted molar refractivity (Wildman–Crippen MR) is 118 cm³/mol. The largest absolute Gasteiger partial charge is 0.330 e. The molecule has 0 unspecified atom stereocenters. The van der Waals surface area contributed by atoms with Crippen LogP contribution in [0.25, 0.3) is 0 Å². The SMILES string of the molecule is CN1CCN(S(=O)(=O)c2ccc(SCc3nccn3Cc3ccccc3)nc2)CC1. The molecule has 158 valence electrons. The highest BCUT2D eigenvalue weighted by Crippen LogP contribution is 2.23. The second-order valence-electron chi connectivity index (χ2n) is 7.29. The van der Waals surface area contributed by atoms with Gasteiger partial charge in [0, 0.05) is 51.3 Å². The van der Waals surface area contributed by atoms with Crippen LogP contribution in [0.15, 0.2) is 71.0 Å². The van der Waals surface area contributed by atoms with Gasteiger partial charge in [0.1, 0.15) is 10.7 Å². The Balaban J connectivity index is 1.38. The normalized spacial score (nSPS) is 16.0. The van der Waals surface area contributed by atoms with Crippen LogP contribution >= 0.6 is 11.8 Å². The van der Waals surface area contributed by atoms with Crippen molar-refractivity contribution in [2.24, 2.45) is 0 Å². The van der Waals surface area contributed by atoms with E-state index in [-0.39, 0.29) is 4.90 Å². The molecule has 30 heavy (non-hydrogen) atoms. The van der Waals surface area contributed by atoms with E-state index in [4.69, 9.17) is 0 Å². The third kappa shape index (κ3) is 4.92. The van der Waals surface area contributed by atoms with E-state index in [2.05, 4.69) is 31.6 Å². The maximum atomic E-state index is 12.8. The molecule has 1 aliphatic heterocycles. The van der Waals surface area contributed by atoms with Gasteiger partial charge < -0.3 is 9.47 Å². The summed E-state index contributed by atoms with van der Waals surface area (Å²) >= 11 is 1.55. The van der Waals surface area contributed by atoms with Gasteiger partial charge in [0.2, 0.25) is 10.0 Å². The fourth-order valence-corrected chi connectivity index (χ4v) is 5.50. The van der Waals surface area contributed by atoms with Crippen LogP contribution in [-0.4, -0.2) is 65.4 Å². The van der Waals surface area contributed by atoms with Gasteiger partial charge in [-0.2, -0.15) is 4.31 Å². The quantitative estimate of drug-likeness (QED) is 0.523. The standard InChI is InChI=1S/C21H25N5O2S2/c1-24-11-13-26(14-12-24)30(27,28)19-7-8-21(23-15-19)29-17-20-22-9-10-25(20)16-18-5-3-2-4-6-18/h2-10,15H,11-14,16-17H2,1H3. The third-order valence-electron chi connectivity index (χ3n) is 5.16. The molecule has 0 radical (unpaired) electrons. The maximum Gasteiger partial charge on any atom is 0.244 e. The average molecular weight is 444 g/mol. The summed E-state index contributed by atoms with van der Waals surface area (Å²) in [5.41, 5.74) is 1.22. The zero-order chi connectivity index (χ0) is 21.0. The minimum atomic E-state index is -3.48. The summed E-state index contributed by atoms with van der Waals surface area (Å²) < 4.78 is 29.3. The molecular formula is C21H25N5O2S2. The Morgan fingerprint density at radius 3 is 2.47 bits per heavy atom. The summed E-state index contributed by atoms with van der Waals surface area (Å²) in [6.07, 6.45) is 5.24. The Bertz CT molecular complexity index is 1060. The van der Waals surface area contributed by atoms with Gasteiger partial charge >= 0.3 is 0 Å². The van der Waals surface area contributed by atoms with Gasteiger partial charge in [0.25, 0.3) is 0 Å². The van der Waals surface area contributed by atoms with Crippen LogP contribution in [0.2, 0.25) is 0 Å². The fourth-order valence-electron chi connectivity index (χ4n) is 3.33. The molecule has 0 amide bonds. The van der Waals surface area contributed by atoms with Crippen LogP contribution in [0.5, 0.6) is 0 Å². The number of sulfonamides is 1. The smallest absolute Gasteiger partial charge is 0.244 e. The van der Waals surface area contributed by atoms with E-state index in [1.165, 1.54) is 16.1 Å². The molecule has 0 N–H and O–H groups in total. The lowest BCUT2D eigenvalue weighted by atomic mass is 10.2. The molecule has 1 aliphatic rings. The number of thioether (sulfide) groups is 1. The summed E-state index contributed by atoms with van der Waals surface area (Å²) in [6.45, 7) is 3.29. The first-order chi connectivity index (χ1) is 14.5. The number of nitrogens with zero attached hydrogens (tertiary/aromatic N) is 5. The van der Waals surface area contributed by atoms with Gasteiger partial charge in [0.05, 0.1) is 10.8 Å². The van der Waals surface area contributed by atoms with E-state index in [9.17, 15) is 8.42 Å². The van der Waals surface area contributed by atoms with E-state index in [1.807, 2.05) is 31.4 Å². The third-order valence-corrected chi connectivity index (χ3v) is 7.98. The topological polar surface area (TPSA) is 71.3 Å². The van der Waals surface area contributed by atoms with Crippen LogP contribution in [-0.2, 0) is 22.3 Å². The number of piperazine rings is 1. The van der Waals surface area contributed by atoms with Gasteiger partial charge in [-0.1, -0.05) is 42.1 Å². The maximum absolute atomic E-state index is 12.8. The van der Waals surface area contributed by atoms with Crippen LogP contribution in [0.4, 0.5) is 0 Å². The molecule has 0 aliphatic carbocycles. The molecule has 0 saturated carbocycles. The molecule has 7 nitrogen and oxygen atoms in total. The van der Waals surface area contributed by atoms with Crippen molar-refractivity contribution in [3.05, 3.63) is 72.4 Å². The molecule has 9 heteroatoms. The van der Waals surface area contributed by atoms with Crippen molar-refractivity contribution in [1.29, 1.82) is 0 Å². The highest BCUT2D eigenvalue weighted by molar-refractivity contribution is 7.98. The lowest BCUT2D eigenvalue weighted by Crippen LogP contribution is -2.47. The monoisotopic (exact) mass is 443 g/mol. The average Bonchev–Trinajstić information content (AvgIpc) is 3.20. The minimum Gasteiger partial charge on any atom is -0.330 e. The predicted octanol–water partition coefficient (Wildman–Crippen LogP) is 2.55. The molecule has 4 rings (SSSR count). The number of benzene rings is 1.